The molecule has 11 rings (SSSR count). The van der Waals surface area contributed by atoms with Crippen LogP contribution in [0.5, 0.6) is 17.4 Å². The number of piperidine rings is 3. The molecule has 0 saturated carbocycles. The first-order valence-corrected chi connectivity index (χ1v) is 23.4. The number of hydrogen-bond acceptors (Lipinski definition) is 6. The van der Waals surface area contributed by atoms with Crippen molar-refractivity contribution in [3.8, 4) is 62.1 Å². The lowest BCUT2D eigenvalue weighted by atomic mass is 9.71. The summed E-state index contributed by atoms with van der Waals surface area (Å²) in [6, 6.07) is 52.8. The maximum atomic E-state index is 13.3. The maximum Gasteiger partial charge on any atom is 0.227 e. The van der Waals surface area contributed by atoms with Crippen LogP contribution in [-0.2, 0) is 6.54 Å². The summed E-state index contributed by atoms with van der Waals surface area (Å²) in [4.78, 5) is 14.8. The molecule has 5 heterocycles. The van der Waals surface area contributed by atoms with Crippen LogP contribution in [0.25, 0.3) is 55.7 Å². The number of fused-ring (bicyclic) bond motifs is 4. The molecule has 3 fully saturated rings. The van der Waals surface area contributed by atoms with Gasteiger partial charge in [-0.05, 0) is 52.8 Å². The Bertz CT molecular complexity index is 2930. The van der Waals surface area contributed by atoms with Crippen LogP contribution >= 0.6 is 11.6 Å². The van der Waals surface area contributed by atoms with E-state index >= 15 is 0 Å². The van der Waals surface area contributed by atoms with Crippen molar-refractivity contribution in [1.82, 2.24) is 15.0 Å². The number of nitrogens with zero attached hydrogens (tertiary/aromatic N) is 4. The molecule has 8 aromatic rings. The number of halogens is 1. The van der Waals surface area contributed by atoms with Crippen molar-refractivity contribution in [3.05, 3.63) is 193 Å². The second-order valence-corrected chi connectivity index (χ2v) is 18.7. The molecular weight excluding hydrogens is 836 g/mol. The van der Waals surface area contributed by atoms with Crippen LogP contribution in [0.2, 0.25) is 5.15 Å². The molecule has 7 nitrogen and oxygen atoms in total. The third-order valence-corrected chi connectivity index (χ3v) is 13.9. The number of aromatic nitrogens is 3. The normalized spacial score (nSPS) is 19.4. The fourth-order valence-corrected chi connectivity index (χ4v) is 10.8. The lowest BCUT2D eigenvalue weighted by Gasteiger charge is -2.58. The van der Waals surface area contributed by atoms with E-state index in [0.29, 0.717) is 46.8 Å². The Morgan fingerprint density at radius 1 is 0.773 bits per heavy atom. The molecule has 3 saturated heterocycles. The van der Waals surface area contributed by atoms with Gasteiger partial charge in [-0.2, -0.15) is 4.98 Å². The van der Waals surface area contributed by atoms with E-state index in [9.17, 15) is 5.11 Å². The molecule has 2 bridgehead atoms. The zero-order chi connectivity index (χ0) is 45.2. The summed E-state index contributed by atoms with van der Waals surface area (Å²) < 4.78 is 15.2. The van der Waals surface area contributed by atoms with E-state index in [1.54, 1.807) is 12.1 Å². The van der Waals surface area contributed by atoms with Crippen LogP contribution in [-0.4, -0.2) is 45.2 Å². The standard InChI is InChI=1S/C58H53ClN4O3/c1-4-40-36-63(35-39-31-48(41-17-9-5-10-18-41)54(65-37-38(2)3)49(32-39)42-19-11-6-12-20-42)30-28-45(40)33-52(63)55(47-27-29-60-51-26-25-46(64)34-50(47)51)66-58-53(43-21-13-7-14-22-43)56(59)61-57(62-58)44-23-15-8-16-24-44/h4-27,29,31-32,34,38,40,45,52,55H,1,28,30,33,35-37H2,2-3H3/t40?,45?,52?,55-,63?/m0/s1. The van der Waals surface area contributed by atoms with Crippen LogP contribution in [0.15, 0.2) is 177 Å². The van der Waals surface area contributed by atoms with Crippen molar-refractivity contribution >= 4 is 22.5 Å². The third-order valence-electron chi connectivity index (χ3n) is 13.6. The highest BCUT2D eigenvalue weighted by atomic mass is 35.5. The zero-order valence-corrected chi connectivity index (χ0v) is 38.1. The highest BCUT2D eigenvalue weighted by molar-refractivity contribution is 6.32. The fourth-order valence-electron chi connectivity index (χ4n) is 10.5. The third kappa shape index (κ3) is 8.57. The largest absolute Gasteiger partial charge is 0.872 e. The van der Waals surface area contributed by atoms with Gasteiger partial charge in [0.2, 0.25) is 5.88 Å². The minimum atomic E-state index is -0.571. The van der Waals surface area contributed by atoms with Crippen molar-refractivity contribution in [2.24, 2.45) is 17.8 Å². The summed E-state index contributed by atoms with van der Waals surface area (Å²) in [6.45, 7) is 11.9. The molecule has 3 aliphatic rings. The summed E-state index contributed by atoms with van der Waals surface area (Å²) in [6.07, 6.45) is 5.37. The Morgan fingerprint density at radius 2 is 1.39 bits per heavy atom. The summed E-state index contributed by atoms with van der Waals surface area (Å²) in [7, 11) is 0. The summed E-state index contributed by atoms with van der Waals surface area (Å²) >= 11 is 7.26. The Balaban J connectivity index is 1.18. The van der Waals surface area contributed by atoms with Crippen molar-refractivity contribution in [2.45, 2.75) is 45.4 Å². The molecule has 3 aliphatic heterocycles. The Morgan fingerprint density at radius 3 is 2.02 bits per heavy atom. The van der Waals surface area contributed by atoms with E-state index in [4.69, 9.17) is 36.0 Å². The molecule has 5 atom stereocenters. The Hall–Kier alpha value is -6.80. The molecule has 330 valence electrons. The second kappa shape index (κ2) is 18.6. The lowest BCUT2D eigenvalue weighted by molar-refractivity contribution is -0.984. The van der Waals surface area contributed by atoms with E-state index in [1.165, 1.54) is 5.56 Å². The van der Waals surface area contributed by atoms with Crippen LogP contribution in [0.4, 0.5) is 0 Å². The number of rotatable bonds is 14. The smallest absolute Gasteiger partial charge is 0.227 e. The van der Waals surface area contributed by atoms with Crippen molar-refractivity contribution < 1.29 is 19.1 Å². The van der Waals surface area contributed by atoms with Crippen molar-refractivity contribution in [1.29, 1.82) is 0 Å². The fraction of sp³-hybridized carbons (Fsp3) is 0.224. The van der Waals surface area contributed by atoms with Gasteiger partial charge in [-0.15, -0.1) is 12.3 Å². The first-order valence-electron chi connectivity index (χ1n) is 23.1. The molecule has 2 aromatic heterocycles. The minimum Gasteiger partial charge on any atom is -0.872 e. The summed E-state index contributed by atoms with van der Waals surface area (Å²) in [5.41, 5.74) is 9.48. The quantitative estimate of drug-likeness (QED) is 0.0615. The molecule has 4 unspecified atom stereocenters. The summed E-state index contributed by atoms with van der Waals surface area (Å²) in [5, 5.41) is 14.3. The van der Waals surface area contributed by atoms with E-state index in [-0.39, 0.29) is 11.8 Å². The highest BCUT2D eigenvalue weighted by Gasteiger charge is 2.55. The second-order valence-electron chi connectivity index (χ2n) is 18.4. The predicted octanol–water partition coefficient (Wildman–Crippen LogP) is 13.2. The van der Waals surface area contributed by atoms with Crippen molar-refractivity contribution in [3.63, 3.8) is 0 Å². The van der Waals surface area contributed by atoms with Crippen LogP contribution in [0.1, 0.15) is 43.9 Å². The lowest BCUT2D eigenvalue weighted by Crippen LogP contribution is -2.68. The number of hydrogen-bond donors (Lipinski definition) is 0. The number of quaternary nitrogens is 1. The maximum absolute atomic E-state index is 13.3. The van der Waals surface area contributed by atoms with Gasteiger partial charge in [0.1, 0.15) is 23.5 Å². The SMILES string of the molecule is C=CC1C[N+]2(Cc3cc(-c4ccccc4)c(OCC(C)C)c(-c4ccccc4)c3)CCC1CC2[C@@H](Oc1nc(-c2ccccc2)nc(Cl)c1-c1ccccc1)c1ccnc2ccc([O-])cc12. The molecule has 0 radical (unpaired) electrons. The van der Waals surface area contributed by atoms with Gasteiger partial charge >= 0.3 is 0 Å². The topological polar surface area (TPSA) is 80.2 Å². The van der Waals surface area contributed by atoms with Gasteiger partial charge in [0.15, 0.2) is 11.9 Å². The van der Waals surface area contributed by atoms with Gasteiger partial charge in [-0.25, -0.2) is 4.98 Å². The van der Waals surface area contributed by atoms with Gasteiger partial charge in [-0.1, -0.05) is 165 Å². The predicted molar refractivity (Wildman–Crippen MR) is 264 cm³/mol. The highest BCUT2D eigenvalue weighted by Crippen LogP contribution is 2.51. The first-order chi connectivity index (χ1) is 32.3. The molecule has 0 spiro atoms. The minimum absolute atomic E-state index is 0.0735. The first kappa shape index (κ1) is 43.1. The van der Waals surface area contributed by atoms with Gasteiger partial charge in [-0.3, -0.25) is 4.98 Å². The van der Waals surface area contributed by atoms with E-state index in [0.717, 1.165) is 92.6 Å². The Kier molecular flexibility index (Phi) is 12.1. The van der Waals surface area contributed by atoms with E-state index < -0.39 is 6.10 Å². The van der Waals surface area contributed by atoms with Crippen LogP contribution < -0.4 is 14.6 Å². The molecule has 66 heavy (non-hydrogen) atoms. The summed E-state index contributed by atoms with van der Waals surface area (Å²) in [5.74, 6) is 2.72. The van der Waals surface area contributed by atoms with Gasteiger partial charge in [0.25, 0.3) is 0 Å². The average Bonchev–Trinajstić information content (AvgIpc) is 3.35. The molecule has 8 heteroatoms. The number of ether oxygens (including phenoxy) is 2. The van der Waals surface area contributed by atoms with Gasteiger partial charge in [0.05, 0.1) is 30.8 Å². The van der Waals surface area contributed by atoms with Crippen LogP contribution in [0.3, 0.4) is 0 Å². The number of benzene rings is 6. The van der Waals surface area contributed by atoms with Crippen LogP contribution in [0, 0.1) is 17.8 Å². The molecular formula is C58H53ClN4O3. The molecule has 0 amide bonds. The number of pyridine rings is 1. The zero-order valence-electron chi connectivity index (χ0n) is 37.4. The van der Waals surface area contributed by atoms with Gasteiger partial charge in [0, 0.05) is 58.2 Å². The molecule has 6 aromatic carbocycles. The average molecular weight is 890 g/mol. The van der Waals surface area contributed by atoms with E-state index in [1.807, 2.05) is 79.0 Å². The molecule has 0 aliphatic carbocycles. The van der Waals surface area contributed by atoms with Gasteiger partial charge < -0.3 is 19.1 Å². The molecule has 0 N–H and O–H groups in total. The monoisotopic (exact) mass is 888 g/mol. The van der Waals surface area contributed by atoms with Crippen molar-refractivity contribution in [2.75, 3.05) is 19.7 Å². The Labute approximate surface area is 392 Å². The van der Waals surface area contributed by atoms with E-state index in [2.05, 4.69) is 99.3 Å².